The van der Waals surface area contributed by atoms with Crippen LogP contribution in [0.15, 0.2) is 35.9 Å². The van der Waals surface area contributed by atoms with E-state index in [9.17, 15) is 9.59 Å². The Bertz CT molecular complexity index is 681. The summed E-state index contributed by atoms with van der Waals surface area (Å²) in [5.41, 5.74) is 3.10. The molecule has 2 amide bonds. The van der Waals surface area contributed by atoms with Crippen molar-refractivity contribution in [1.29, 1.82) is 0 Å². The van der Waals surface area contributed by atoms with Crippen LogP contribution in [0.2, 0.25) is 0 Å². The van der Waals surface area contributed by atoms with Crippen molar-refractivity contribution >= 4 is 11.8 Å². The number of rotatable bonds is 4. The number of amides is 2. The molecule has 0 spiro atoms. The van der Waals surface area contributed by atoms with Crippen molar-refractivity contribution in [3.8, 4) is 0 Å². The molecule has 1 aromatic carbocycles. The minimum atomic E-state index is -0.132. The van der Waals surface area contributed by atoms with Gasteiger partial charge in [-0.2, -0.15) is 0 Å². The number of hydrogen-bond donors (Lipinski definition) is 0. The van der Waals surface area contributed by atoms with Crippen LogP contribution < -0.4 is 0 Å². The third kappa shape index (κ3) is 2.09. The van der Waals surface area contributed by atoms with E-state index < -0.39 is 0 Å². The quantitative estimate of drug-likeness (QED) is 0.621. The third-order valence-corrected chi connectivity index (χ3v) is 6.31. The second-order valence-electron chi connectivity index (χ2n) is 7.73. The van der Waals surface area contributed by atoms with E-state index in [0.717, 1.165) is 18.8 Å². The Kier molecular flexibility index (Phi) is 3.22. The largest absolute Gasteiger partial charge is 0.274 e. The number of fused-ring (bicyclic) bond motifs is 2. The van der Waals surface area contributed by atoms with E-state index in [2.05, 4.69) is 19.9 Å². The molecular formula is C20H23NO2. The van der Waals surface area contributed by atoms with Gasteiger partial charge in [0, 0.05) is 6.54 Å². The first-order valence-corrected chi connectivity index (χ1v) is 8.64. The number of benzene rings is 1. The monoisotopic (exact) mass is 309 g/mol. The van der Waals surface area contributed by atoms with Gasteiger partial charge in [-0.05, 0) is 55.1 Å². The van der Waals surface area contributed by atoms with Crippen LogP contribution in [-0.4, -0.2) is 23.3 Å². The average Bonchev–Trinajstić information content (AvgIpc) is 2.80. The lowest BCUT2D eigenvalue weighted by molar-refractivity contribution is -0.00850. The van der Waals surface area contributed by atoms with Gasteiger partial charge in [-0.25, -0.2) is 0 Å². The van der Waals surface area contributed by atoms with Gasteiger partial charge in [0.15, 0.2) is 0 Å². The topological polar surface area (TPSA) is 37.4 Å². The SMILES string of the molecule is CC1(C)[C@@H]2CC=C(CCCN3C(=O)c4ccccc4C3=O)[C@H]1C2. The molecule has 2 bridgehead atoms. The standard InChI is InChI=1S/C20H23NO2/c1-20(2)14-10-9-13(17(20)12-14)6-5-11-21-18(22)15-7-3-4-8-16(15)19(21)23/h3-4,7-9,14,17H,5-6,10-12H2,1-2H3/t14-,17-/m1/s1. The Balaban J connectivity index is 1.39. The lowest BCUT2D eigenvalue weighted by Gasteiger charge is -2.56. The van der Waals surface area contributed by atoms with Gasteiger partial charge in [0.2, 0.25) is 0 Å². The average molecular weight is 309 g/mol. The Morgan fingerprint density at radius 1 is 1.13 bits per heavy atom. The fourth-order valence-corrected chi connectivity index (χ4v) is 4.64. The second-order valence-corrected chi connectivity index (χ2v) is 7.73. The first-order chi connectivity index (χ1) is 11.0. The fraction of sp³-hybridized carbons (Fsp3) is 0.500. The van der Waals surface area contributed by atoms with Crippen LogP contribution in [0.5, 0.6) is 0 Å². The highest BCUT2D eigenvalue weighted by Crippen LogP contribution is 2.59. The molecule has 1 fully saturated rings. The van der Waals surface area contributed by atoms with Gasteiger partial charge in [0.1, 0.15) is 0 Å². The van der Waals surface area contributed by atoms with Gasteiger partial charge in [-0.1, -0.05) is 37.6 Å². The van der Waals surface area contributed by atoms with Crippen LogP contribution >= 0.6 is 0 Å². The number of carbonyl (C=O) groups is 2. The summed E-state index contributed by atoms with van der Waals surface area (Å²) in [6.07, 6.45) is 6.81. The normalized spacial score (nSPS) is 27.6. The maximum absolute atomic E-state index is 12.4. The number of allylic oxidation sites excluding steroid dienone is 2. The molecule has 0 N–H and O–H groups in total. The fourth-order valence-electron chi connectivity index (χ4n) is 4.64. The molecule has 1 aromatic rings. The van der Waals surface area contributed by atoms with Gasteiger partial charge in [-0.3, -0.25) is 14.5 Å². The Hall–Kier alpha value is -1.90. The van der Waals surface area contributed by atoms with Crippen molar-refractivity contribution in [2.75, 3.05) is 6.54 Å². The highest BCUT2D eigenvalue weighted by Gasteiger charge is 2.50. The predicted octanol–water partition coefficient (Wildman–Crippen LogP) is 4.06. The Morgan fingerprint density at radius 3 is 2.35 bits per heavy atom. The molecule has 3 nitrogen and oxygen atoms in total. The maximum atomic E-state index is 12.4. The maximum Gasteiger partial charge on any atom is 0.261 e. The minimum Gasteiger partial charge on any atom is -0.274 e. The number of nitrogens with zero attached hydrogens (tertiary/aromatic N) is 1. The summed E-state index contributed by atoms with van der Waals surface area (Å²) in [6.45, 7) is 5.28. The molecule has 0 aromatic heterocycles. The van der Waals surface area contributed by atoms with Crippen molar-refractivity contribution in [1.82, 2.24) is 4.90 Å². The molecule has 3 aliphatic carbocycles. The minimum absolute atomic E-state index is 0.132. The van der Waals surface area contributed by atoms with Crippen molar-refractivity contribution in [3.63, 3.8) is 0 Å². The highest BCUT2D eigenvalue weighted by atomic mass is 16.2. The molecule has 1 saturated carbocycles. The summed E-state index contributed by atoms with van der Waals surface area (Å²) in [4.78, 5) is 26.1. The summed E-state index contributed by atoms with van der Waals surface area (Å²) in [5.74, 6) is 1.30. The summed E-state index contributed by atoms with van der Waals surface area (Å²) in [6, 6.07) is 7.12. The Labute approximate surface area is 137 Å². The van der Waals surface area contributed by atoms with E-state index in [1.807, 2.05) is 12.1 Å². The van der Waals surface area contributed by atoms with Gasteiger partial charge in [-0.15, -0.1) is 0 Å². The molecule has 5 rings (SSSR count). The molecule has 0 saturated heterocycles. The van der Waals surface area contributed by atoms with E-state index in [1.54, 1.807) is 17.7 Å². The summed E-state index contributed by atoms with van der Waals surface area (Å²) >= 11 is 0. The molecule has 23 heavy (non-hydrogen) atoms. The van der Waals surface area contributed by atoms with Crippen LogP contribution in [0.25, 0.3) is 0 Å². The summed E-state index contributed by atoms with van der Waals surface area (Å²) < 4.78 is 0. The smallest absolute Gasteiger partial charge is 0.261 e. The van der Waals surface area contributed by atoms with Crippen LogP contribution in [0.4, 0.5) is 0 Å². The van der Waals surface area contributed by atoms with Gasteiger partial charge in [0.25, 0.3) is 11.8 Å². The van der Waals surface area contributed by atoms with Crippen molar-refractivity contribution in [2.24, 2.45) is 17.3 Å². The summed E-state index contributed by atoms with van der Waals surface area (Å²) in [5, 5.41) is 0. The van der Waals surface area contributed by atoms with Gasteiger partial charge >= 0.3 is 0 Å². The van der Waals surface area contributed by atoms with Gasteiger partial charge in [0.05, 0.1) is 11.1 Å². The van der Waals surface area contributed by atoms with Crippen LogP contribution in [0.1, 0.15) is 60.2 Å². The van der Waals surface area contributed by atoms with Crippen molar-refractivity contribution in [3.05, 3.63) is 47.0 Å². The zero-order valence-electron chi connectivity index (χ0n) is 13.8. The number of hydrogen-bond acceptors (Lipinski definition) is 2. The molecule has 1 heterocycles. The number of carbonyl (C=O) groups excluding carboxylic acids is 2. The van der Waals surface area contributed by atoms with E-state index >= 15 is 0 Å². The van der Waals surface area contributed by atoms with E-state index in [1.165, 1.54) is 17.7 Å². The predicted molar refractivity (Wildman–Crippen MR) is 89.1 cm³/mol. The van der Waals surface area contributed by atoms with Crippen LogP contribution in [-0.2, 0) is 0 Å². The first-order valence-electron chi connectivity index (χ1n) is 8.64. The van der Waals surface area contributed by atoms with Crippen LogP contribution in [0, 0.1) is 17.3 Å². The van der Waals surface area contributed by atoms with Gasteiger partial charge < -0.3 is 0 Å². The lowest BCUT2D eigenvalue weighted by atomic mass is 9.48. The molecule has 3 heteroatoms. The zero-order valence-corrected chi connectivity index (χ0v) is 13.8. The van der Waals surface area contributed by atoms with E-state index in [4.69, 9.17) is 0 Å². The molecule has 120 valence electrons. The molecular weight excluding hydrogens is 286 g/mol. The molecule has 1 aliphatic heterocycles. The third-order valence-electron chi connectivity index (χ3n) is 6.31. The summed E-state index contributed by atoms with van der Waals surface area (Å²) in [7, 11) is 0. The molecule has 2 atom stereocenters. The molecule has 0 radical (unpaired) electrons. The first kappa shape index (κ1) is 14.7. The lowest BCUT2D eigenvalue weighted by Crippen LogP contribution is -2.48. The highest BCUT2D eigenvalue weighted by molar-refractivity contribution is 6.21. The van der Waals surface area contributed by atoms with E-state index in [-0.39, 0.29) is 11.8 Å². The number of imide groups is 1. The molecule has 0 unspecified atom stereocenters. The van der Waals surface area contributed by atoms with Crippen LogP contribution in [0.3, 0.4) is 0 Å². The Morgan fingerprint density at radius 2 is 1.78 bits per heavy atom. The zero-order chi connectivity index (χ0) is 16.2. The second kappa shape index (κ2) is 5.05. The van der Waals surface area contributed by atoms with Crippen molar-refractivity contribution < 1.29 is 9.59 Å². The van der Waals surface area contributed by atoms with Crippen molar-refractivity contribution in [2.45, 2.75) is 39.5 Å². The molecule has 4 aliphatic rings. The van der Waals surface area contributed by atoms with E-state index in [0.29, 0.717) is 29.0 Å².